The summed E-state index contributed by atoms with van der Waals surface area (Å²) in [6, 6.07) is 11.6. The van der Waals surface area contributed by atoms with E-state index in [0.717, 1.165) is 32.0 Å². The van der Waals surface area contributed by atoms with E-state index in [1.165, 1.54) is 19.1 Å². The van der Waals surface area contributed by atoms with Crippen LogP contribution in [0.15, 0.2) is 42.5 Å². The van der Waals surface area contributed by atoms with E-state index >= 15 is 0 Å². The zero-order chi connectivity index (χ0) is 32.5. The molecular formula is C25H24F7N5O6. The van der Waals surface area contributed by atoms with Crippen molar-refractivity contribution in [3.8, 4) is 28.1 Å². The van der Waals surface area contributed by atoms with Crippen LogP contribution in [0.1, 0.15) is 6.92 Å². The van der Waals surface area contributed by atoms with Crippen LogP contribution in [0.3, 0.4) is 0 Å². The summed E-state index contributed by atoms with van der Waals surface area (Å²) >= 11 is 0. The first-order valence-electron chi connectivity index (χ1n) is 11.9. The largest absolute Gasteiger partial charge is 0.507 e. The maximum absolute atomic E-state index is 14.3. The van der Waals surface area contributed by atoms with Crippen molar-refractivity contribution in [2.45, 2.75) is 19.3 Å². The molecule has 0 atom stereocenters. The summed E-state index contributed by atoms with van der Waals surface area (Å²) in [4.78, 5) is 31.1. The average molecular weight is 623 g/mol. The lowest BCUT2D eigenvalue weighted by molar-refractivity contribution is -0.193. The highest BCUT2D eigenvalue weighted by atomic mass is 19.4. The van der Waals surface area contributed by atoms with Gasteiger partial charge in [0, 0.05) is 50.3 Å². The van der Waals surface area contributed by atoms with Crippen LogP contribution in [-0.4, -0.2) is 81.9 Å². The monoisotopic (exact) mass is 623 g/mol. The van der Waals surface area contributed by atoms with Crippen LogP contribution in [0, 0.1) is 5.82 Å². The normalized spacial score (nSPS) is 13.2. The molecule has 0 radical (unpaired) electrons. The maximum atomic E-state index is 14.3. The zero-order valence-electron chi connectivity index (χ0n) is 22.0. The van der Waals surface area contributed by atoms with Gasteiger partial charge in [-0.15, -0.1) is 0 Å². The molecule has 1 fully saturated rings. The smallest absolute Gasteiger partial charge is 0.490 e. The number of rotatable bonds is 4. The van der Waals surface area contributed by atoms with Crippen LogP contribution < -0.4 is 15.5 Å². The predicted molar refractivity (Wildman–Crippen MR) is 138 cm³/mol. The van der Waals surface area contributed by atoms with Gasteiger partial charge in [0.1, 0.15) is 17.4 Å². The van der Waals surface area contributed by atoms with Gasteiger partial charge in [0.25, 0.3) is 0 Å². The van der Waals surface area contributed by atoms with Gasteiger partial charge in [0.05, 0.1) is 11.4 Å². The number of carbonyl (C=O) groups excluding carboxylic acids is 1. The first-order valence-corrected chi connectivity index (χ1v) is 11.9. The van der Waals surface area contributed by atoms with Gasteiger partial charge in [-0.05, 0) is 23.8 Å². The fourth-order valence-corrected chi connectivity index (χ4v) is 3.47. The van der Waals surface area contributed by atoms with Gasteiger partial charge in [0.15, 0.2) is 0 Å². The molecule has 0 bridgehead atoms. The third-order valence-corrected chi connectivity index (χ3v) is 5.41. The molecule has 0 unspecified atom stereocenters. The number of aromatic amines is 1. The molecule has 43 heavy (non-hydrogen) atoms. The Kier molecular flexibility index (Phi) is 11.5. The van der Waals surface area contributed by atoms with Crippen LogP contribution in [0.5, 0.6) is 5.75 Å². The third kappa shape index (κ3) is 10.2. The Morgan fingerprint density at radius 1 is 0.907 bits per heavy atom. The first-order chi connectivity index (χ1) is 19.9. The third-order valence-electron chi connectivity index (χ3n) is 5.41. The molecule has 2 aromatic carbocycles. The standard InChI is InChI=1S/C21H22FN5O2.2C2HF3O2/c1-13(28)24-18-6-5-14(11-17(18)22)15-3-2-4-16(21(15)29)19-12-20(26-25-19)27-9-7-23-8-10-27;2*3-2(4,5)1(6)7/h2-6,11-12,23,29H,7-10H2,1H3,(H,24,28)(H,25,26);2*(H,6,7). The first kappa shape index (κ1) is 34.3. The molecule has 4 rings (SSSR count). The minimum Gasteiger partial charge on any atom is -0.507 e. The SMILES string of the molecule is CC(=O)Nc1ccc(-c2cccc(-c3cc(N4CCNCC4)[nH]n3)c2O)cc1F.O=C(O)C(F)(F)F.O=C(O)C(F)(F)F. The fraction of sp³-hybridized carbons (Fsp3) is 0.280. The number of amides is 1. The van der Waals surface area contributed by atoms with Crippen molar-refractivity contribution in [2.75, 3.05) is 36.4 Å². The highest BCUT2D eigenvalue weighted by molar-refractivity contribution is 5.89. The Labute approximate surface area is 237 Å². The number of benzene rings is 2. The van der Waals surface area contributed by atoms with E-state index in [-0.39, 0.29) is 17.3 Å². The van der Waals surface area contributed by atoms with Crippen LogP contribution in [0.25, 0.3) is 22.4 Å². The van der Waals surface area contributed by atoms with Crippen molar-refractivity contribution in [1.82, 2.24) is 15.5 Å². The maximum Gasteiger partial charge on any atom is 0.490 e. The number of hydrogen-bond acceptors (Lipinski definition) is 7. The van der Waals surface area contributed by atoms with Gasteiger partial charge in [-0.3, -0.25) is 9.89 Å². The van der Waals surface area contributed by atoms with E-state index in [2.05, 4.69) is 25.7 Å². The summed E-state index contributed by atoms with van der Waals surface area (Å²) in [5.74, 6) is -5.50. The number of alkyl halides is 6. The highest BCUT2D eigenvalue weighted by Gasteiger charge is 2.38. The predicted octanol–water partition coefficient (Wildman–Crippen LogP) is 4.22. The summed E-state index contributed by atoms with van der Waals surface area (Å²) in [5, 5.41) is 38.2. The molecule has 0 aliphatic carbocycles. The minimum absolute atomic E-state index is 0.0255. The molecular weight excluding hydrogens is 599 g/mol. The van der Waals surface area contributed by atoms with Gasteiger partial charge in [-0.1, -0.05) is 18.2 Å². The Morgan fingerprint density at radius 2 is 1.44 bits per heavy atom. The number of phenols is 1. The molecule has 1 aliphatic heterocycles. The Hall–Kier alpha value is -4.87. The minimum atomic E-state index is -5.08. The quantitative estimate of drug-likeness (QED) is 0.233. The number of aromatic hydroxyl groups is 1. The lowest BCUT2D eigenvalue weighted by atomic mass is 9.99. The van der Waals surface area contributed by atoms with Gasteiger partial charge in [-0.2, -0.15) is 31.4 Å². The molecule has 1 aromatic heterocycles. The topological polar surface area (TPSA) is 168 Å². The number of phenolic OH excluding ortho intramolecular Hbond substituents is 1. The van der Waals surface area contributed by atoms with Crippen LogP contribution >= 0.6 is 0 Å². The van der Waals surface area contributed by atoms with Crippen molar-refractivity contribution in [1.29, 1.82) is 0 Å². The van der Waals surface area contributed by atoms with E-state index in [0.29, 0.717) is 22.4 Å². The Balaban J connectivity index is 0.000000384. The number of piperazine rings is 1. The van der Waals surface area contributed by atoms with Gasteiger partial charge in [-0.25, -0.2) is 14.0 Å². The summed E-state index contributed by atoms with van der Waals surface area (Å²) in [6.07, 6.45) is -10.2. The molecule has 1 amide bonds. The number of carbonyl (C=O) groups is 3. The second-order valence-electron chi connectivity index (χ2n) is 8.56. The summed E-state index contributed by atoms with van der Waals surface area (Å²) < 4.78 is 77.8. The summed E-state index contributed by atoms with van der Waals surface area (Å²) in [7, 11) is 0. The van der Waals surface area contributed by atoms with Crippen molar-refractivity contribution in [2.24, 2.45) is 0 Å². The fourth-order valence-electron chi connectivity index (χ4n) is 3.47. The summed E-state index contributed by atoms with van der Waals surface area (Å²) in [5.41, 5.74) is 2.28. The average Bonchev–Trinajstić information content (AvgIpc) is 3.40. The molecule has 2 heterocycles. The lowest BCUT2D eigenvalue weighted by Gasteiger charge is -2.27. The number of aromatic nitrogens is 2. The van der Waals surface area contributed by atoms with Crippen LogP contribution in [0.4, 0.5) is 42.2 Å². The zero-order valence-corrected chi connectivity index (χ0v) is 22.0. The van der Waals surface area contributed by atoms with Crippen molar-refractivity contribution in [3.05, 3.63) is 48.3 Å². The number of para-hydroxylation sites is 1. The van der Waals surface area contributed by atoms with Crippen LogP contribution in [0.2, 0.25) is 0 Å². The van der Waals surface area contributed by atoms with Crippen LogP contribution in [-0.2, 0) is 14.4 Å². The van der Waals surface area contributed by atoms with Gasteiger partial charge >= 0.3 is 24.3 Å². The number of anilines is 2. The molecule has 3 aromatic rings. The van der Waals surface area contributed by atoms with E-state index in [4.69, 9.17) is 19.8 Å². The molecule has 234 valence electrons. The van der Waals surface area contributed by atoms with Gasteiger partial charge < -0.3 is 30.9 Å². The molecule has 11 nitrogen and oxygen atoms in total. The Bertz CT molecular complexity index is 1410. The molecule has 0 spiro atoms. The number of carboxylic acid groups (broad SMARTS) is 2. The Morgan fingerprint density at radius 3 is 1.93 bits per heavy atom. The second kappa shape index (κ2) is 14.3. The van der Waals surface area contributed by atoms with Crippen molar-refractivity contribution < 1.29 is 60.4 Å². The van der Waals surface area contributed by atoms with E-state index < -0.39 is 30.1 Å². The summed E-state index contributed by atoms with van der Waals surface area (Å²) in [6.45, 7) is 4.91. The number of nitrogens with zero attached hydrogens (tertiary/aromatic N) is 2. The van der Waals surface area contributed by atoms with E-state index in [9.17, 15) is 40.6 Å². The number of halogens is 7. The van der Waals surface area contributed by atoms with E-state index in [1.54, 1.807) is 24.3 Å². The number of H-pyrrole nitrogens is 1. The molecule has 18 heteroatoms. The number of hydrogen-bond donors (Lipinski definition) is 6. The van der Waals surface area contributed by atoms with Crippen molar-refractivity contribution in [3.63, 3.8) is 0 Å². The number of carboxylic acids is 2. The molecule has 1 aliphatic rings. The number of nitrogens with one attached hydrogen (secondary N) is 3. The highest BCUT2D eigenvalue weighted by Crippen LogP contribution is 2.38. The van der Waals surface area contributed by atoms with Crippen molar-refractivity contribution >= 4 is 29.4 Å². The second-order valence-corrected chi connectivity index (χ2v) is 8.56. The number of aliphatic carboxylic acids is 2. The molecule has 6 N–H and O–H groups in total. The van der Waals surface area contributed by atoms with Gasteiger partial charge in [0.2, 0.25) is 5.91 Å². The molecule has 0 saturated carbocycles. The van der Waals surface area contributed by atoms with E-state index in [1.807, 2.05) is 6.07 Å². The lowest BCUT2D eigenvalue weighted by Crippen LogP contribution is -2.43. The molecule has 1 saturated heterocycles.